The molecule has 5 heteroatoms. The van der Waals surface area contributed by atoms with Gasteiger partial charge >= 0.3 is 0 Å². The van der Waals surface area contributed by atoms with E-state index in [1.165, 1.54) is 11.1 Å². The lowest BCUT2D eigenvalue weighted by Crippen LogP contribution is -2.36. The van der Waals surface area contributed by atoms with Crippen LogP contribution in [0.5, 0.6) is 0 Å². The van der Waals surface area contributed by atoms with Gasteiger partial charge in [0.2, 0.25) is 5.91 Å². The molecule has 0 saturated carbocycles. The average molecular weight is 514 g/mol. The predicted molar refractivity (Wildman–Crippen MR) is 157 cm³/mol. The van der Waals surface area contributed by atoms with Gasteiger partial charge in [-0.1, -0.05) is 92.2 Å². The largest absolute Gasteiger partial charge is 0.354 e. The Bertz CT molecular complexity index is 1680. The van der Waals surface area contributed by atoms with Gasteiger partial charge in [-0.2, -0.15) is 0 Å². The van der Waals surface area contributed by atoms with Gasteiger partial charge in [-0.05, 0) is 53.8 Å². The number of aromatic amines is 1. The second-order valence-electron chi connectivity index (χ2n) is 10.6. The normalized spacial score (nSPS) is 14.7. The number of hydrogen-bond acceptors (Lipinski definition) is 2. The molecule has 2 heterocycles. The predicted octanol–water partition coefficient (Wildman–Crippen LogP) is 7.45. The Hall–Kier alpha value is -4.64. The second kappa shape index (κ2) is 9.91. The lowest BCUT2D eigenvalue weighted by Gasteiger charge is -2.26. The van der Waals surface area contributed by atoms with E-state index in [2.05, 4.69) is 67.5 Å². The van der Waals surface area contributed by atoms with Gasteiger partial charge in [0, 0.05) is 27.7 Å². The molecule has 1 aliphatic rings. The molecule has 1 atom stereocenters. The van der Waals surface area contributed by atoms with Crippen molar-refractivity contribution >= 4 is 28.4 Å². The highest BCUT2D eigenvalue weighted by molar-refractivity contribution is 6.05. The van der Waals surface area contributed by atoms with Crippen LogP contribution in [0.3, 0.4) is 0 Å². The first-order chi connectivity index (χ1) is 18.9. The average Bonchev–Trinajstić information content (AvgIpc) is 3.44. The molecule has 6 rings (SSSR count). The van der Waals surface area contributed by atoms with Crippen molar-refractivity contribution in [2.24, 2.45) is 0 Å². The molecule has 0 bridgehead atoms. The molecule has 2 amide bonds. The molecule has 194 valence electrons. The zero-order chi connectivity index (χ0) is 27.1. The SMILES string of the molecule is Cc1ccc(-c2[nH]c3ccccc3c2C2c3ccccc3C(=O)N2CC(=O)Nc2ccc(C(C)C)cc2)cc1. The second-order valence-corrected chi connectivity index (χ2v) is 10.6. The molecule has 0 fully saturated rings. The Morgan fingerprint density at radius 2 is 1.59 bits per heavy atom. The maximum absolute atomic E-state index is 13.8. The number of carbonyl (C=O) groups is 2. The van der Waals surface area contributed by atoms with Crippen LogP contribution < -0.4 is 5.32 Å². The molecule has 0 radical (unpaired) electrons. The van der Waals surface area contributed by atoms with E-state index in [4.69, 9.17) is 0 Å². The maximum atomic E-state index is 13.8. The number of benzene rings is 4. The maximum Gasteiger partial charge on any atom is 0.255 e. The first kappa shape index (κ1) is 24.7. The first-order valence-corrected chi connectivity index (χ1v) is 13.4. The highest BCUT2D eigenvalue weighted by Gasteiger charge is 2.41. The lowest BCUT2D eigenvalue weighted by atomic mass is 9.93. The summed E-state index contributed by atoms with van der Waals surface area (Å²) in [6, 6.07) is 31.7. The highest BCUT2D eigenvalue weighted by atomic mass is 16.2. The number of fused-ring (bicyclic) bond motifs is 2. The summed E-state index contributed by atoms with van der Waals surface area (Å²) in [5.41, 5.74) is 8.65. The Labute approximate surface area is 228 Å². The fourth-order valence-electron chi connectivity index (χ4n) is 5.55. The quantitative estimate of drug-likeness (QED) is 0.248. The molecular formula is C34H31N3O2. The van der Waals surface area contributed by atoms with Gasteiger partial charge in [-0.25, -0.2) is 0 Å². The summed E-state index contributed by atoms with van der Waals surface area (Å²) in [5, 5.41) is 4.04. The molecule has 1 aromatic heterocycles. The third kappa shape index (κ3) is 4.50. The van der Waals surface area contributed by atoms with Crippen molar-refractivity contribution in [2.45, 2.75) is 32.7 Å². The molecule has 5 nitrogen and oxygen atoms in total. The van der Waals surface area contributed by atoms with Gasteiger partial charge in [0.05, 0.1) is 11.7 Å². The first-order valence-electron chi connectivity index (χ1n) is 13.4. The molecule has 0 aliphatic carbocycles. The number of anilines is 1. The fraction of sp³-hybridized carbons (Fsp3) is 0.176. The topological polar surface area (TPSA) is 65.2 Å². The Morgan fingerprint density at radius 3 is 2.33 bits per heavy atom. The standard InChI is InChI=1S/C34H31N3O2/c1-21(2)23-16-18-25(19-17-23)35-30(38)20-37-33(26-8-4-5-9-27(26)34(37)39)31-28-10-6-7-11-29(28)36-32(31)24-14-12-22(3)13-15-24/h4-19,21,33,36H,20H2,1-3H3,(H,35,38). The molecular weight excluding hydrogens is 482 g/mol. The van der Waals surface area contributed by atoms with Crippen molar-refractivity contribution in [1.82, 2.24) is 9.88 Å². The van der Waals surface area contributed by atoms with Crippen LogP contribution >= 0.6 is 0 Å². The number of para-hydroxylation sites is 1. The monoisotopic (exact) mass is 513 g/mol. The molecule has 1 aliphatic heterocycles. The Morgan fingerprint density at radius 1 is 0.897 bits per heavy atom. The molecule has 39 heavy (non-hydrogen) atoms. The zero-order valence-electron chi connectivity index (χ0n) is 22.4. The lowest BCUT2D eigenvalue weighted by molar-refractivity contribution is -0.117. The summed E-state index contributed by atoms with van der Waals surface area (Å²) in [5.74, 6) is 0.0476. The summed E-state index contributed by atoms with van der Waals surface area (Å²) < 4.78 is 0. The summed E-state index contributed by atoms with van der Waals surface area (Å²) in [7, 11) is 0. The van der Waals surface area contributed by atoms with E-state index < -0.39 is 6.04 Å². The van der Waals surface area contributed by atoms with Crippen LogP contribution in [-0.2, 0) is 4.79 Å². The highest BCUT2D eigenvalue weighted by Crippen LogP contribution is 2.45. The van der Waals surface area contributed by atoms with E-state index in [0.29, 0.717) is 11.5 Å². The number of aryl methyl sites for hydroxylation is 1. The van der Waals surface area contributed by atoms with Gasteiger partial charge in [-0.15, -0.1) is 0 Å². The third-order valence-electron chi connectivity index (χ3n) is 7.59. The van der Waals surface area contributed by atoms with Crippen LogP contribution in [-0.4, -0.2) is 28.2 Å². The smallest absolute Gasteiger partial charge is 0.255 e. The van der Waals surface area contributed by atoms with E-state index in [0.717, 1.165) is 39.0 Å². The number of aromatic nitrogens is 1. The van der Waals surface area contributed by atoms with E-state index in [1.54, 1.807) is 4.90 Å². The van der Waals surface area contributed by atoms with Crippen LogP contribution in [0.15, 0.2) is 97.1 Å². The fourth-order valence-corrected chi connectivity index (χ4v) is 5.55. The van der Waals surface area contributed by atoms with Crippen molar-refractivity contribution in [1.29, 1.82) is 0 Å². The van der Waals surface area contributed by atoms with Gasteiger partial charge in [0.25, 0.3) is 5.91 Å². The van der Waals surface area contributed by atoms with Crippen molar-refractivity contribution in [3.05, 3.63) is 125 Å². The molecule has 0 spiro atoms. The number of nitrogens with one attached hydrogen (secondary N) is 2. The summed E-state index contributed by atoms with van der Waals surface area (Å²) in [6.45, 7) is 6.29. The minimum absolute atomic E-state index is 0.0586. The van der Waals surface area contributed by atoms with E-state index in [-0.39, 0.29) is 18.4 Å². The molecule has 0 saturated heterocycles. The van der Waals surface area contributed by atoms with Gasteiger partial charge in [0.1, 0.15) is 6.54 Å². The van der Waals surface area contributed by atoms with Gasteiger partial charge in [0.15, 0.2) is 0 Å². The van der Waals surface area contributed by atoms with Crippen molar-refractivity contribution < 1.29 is 9.59 Å². The minimum Gasteiger partial charge on any atom is -0.354 e. The van der Waals surface area contributed by atoms with Crippen molar-refractivity contribution in [3.8, 4) is 11.3 Å². The van der Waals surface area contributed by atoms with Crippen LogP contribution in [0.2, 0.25) is 0 Å². The van der Waals surface area contributed by atoms with E-state index >= 15 is 0 Å². The van der Waals surface area contributed by atoms with Crippen molar-refractivity contribution in [3.63, 3.8) is 0 Å². The molecule has 4 aromatic carbocycles. The van der Waals surface area contributed by atoms with Gasteiger partial charge < -0.3 is 15.2 Å². The minimum atomic E-state index is -0.407. The Kier molecular flexibility index (Phi) is 6.27. The zero-order valence-corrected chi connectivity index (χ0v) is 22.4. The third-order valence-corrected chi connectivity index (χ3v) is 7.59. The van der Waals surface area contributed by atoms with E-state index in [9.17, 15) is 9.59 Å². The number of rotatable bonds is 6. The van der Waals surface area contributed by atoms with Crippen LogP contribution in [0.25, 0.3) is 22.2 Å². The number of H-pyrrole nitrogens is 1. The number of amides is 2. The number of carbonyl (C=O) groups excluding carboxylic acids is 2. The van der Waals surface area contributed by atoms with Crippen LogP contribution in [0.1, 0.15) is 58.4 Å². The van der Waals surface area contributed by atoms with E-state index in [1.807, 2.05) is 60.7 Å². The number of nitrogens with zero attached hydrogens (tertiary/aromatic N) is 1. The summed E-state index contributed by atoms with van der Waals surface area (Å²) >= 11 is 0. The molecule has 1 unspecified atom stereocenters. The van der Waals surface area contributed by atoms with Gasteiger partial charge in [-0.3, -0.25) is 9.59 Å². The summed E-state index contributed by atoms with van der Waals surface area (Å²) in [4.78, 5) is 32.4. The summed E-state index contributed by atoms with van der Waals surface area (Å²) in [6.07, 6.45) is 0. The number of hydrogen-bond donors (Lipinski definition) is 2. The molecule has 5 aromatic rings. The molecule has 2 N–H and O–H groups in total. The van der Waals surface area contributed by atoms with Crippen LogP contribution in [0.4, 0.5) is 5.69 Å². The Balaban J connectivity index is 1.42. The van der Waals surface area contributed by atoms with Crippen molar-refractivity contribution in [2.75, 3.05) is 11.9 Å². The van der Waals surface area contributed by atoms with Crippen LogP contribution in [0, 0.1) is 6.92 Å².